The van der Waals surface area contributed by atoms with Crippen molar-refractivity contribution in [2.24, 2.45) is 11.3 Å². The number of likely N-dealkylation sites (N-methyl/N-ethyl adjacent to an activating group) is 1. The number of ether oxygens (including phenoxy) is 3. The highest BCUT2D eigenvalue weighted by molar-refractivity contribution is 5.92. The van der Waals surface area contributed by atoms with Crippen LogP contribution < -0.4 is 20.1 Å². The van der Waals surface area contributed by atoms with Gasteiger partial charge in [-0.25, -0.2) is 4.79 Å². The average molecular weight is 791 g/mol. The Labute approximate surface area is 338 Å². The van der Waals surface area contributed by atoms with Crippen LogP contribution in [0.2, 0.25) is 0 Å². The molecule has 3 N–H and O–H groups in total. The van der Waals surface area contributed by atoms with Crippen LogP contribution in [0.4, 0.5) is 4.79 Å². The van der Waals surface area contributed by atoms with E-state index in [1.165, 1.54) is 10.5 Å². The van der Waals surface area contributed by atoms with Gasteiger partial charge < -0.3 is 44.4 Å². The molecule has 3 amide bonds. The second-order valence-corrected chi connectivity index (χ2v) is 15.5. The smallest absolute Gasteiger partial charge is 0.410 e. The van der Waals surface area contributed by atoms with Gasteiger partial charge >= 0.3 is 6.09 Å². The molecule has 4 atom stereocenters. The first-order chi connectivity index (χ1) is 27.2. The van der Waals surface area contributed by atoms with Crippen molar-refractivity contribution in [1.82, 2.24) is 20.4 Å². The number of rotatable bonds is 13. The van der Waals surface area contributed by atoms with E-state index in [0.717, 1.165) is 29.2 Å². The lowest BCUT2D eigenvalue weighted by Crippen LogP contribution is -2.60. The number of hydrogen-bond donors (Lipinski definition) is 3. The van der Waals surface area contributed by atoms with Gasteiger partial charge in [-0.2, -0.15) is 0 Å². The number of carbonyl (C=O) groups is 5. The summed E-state index contributed by atoms with van der Waals surface area (Å²) in [7, 11) is 1.96. The molecule has 3 aromatic rings. The number of nitrogens with one attached hydrogen (secondary N) is 2. The number of likely N-dealkylation sites (tertiary alicyclic amines) is 1. The number of amides is 3. The van der Waals surface area contributed by atoms with Crippen LogP contribution in [0.25, 0.3) is 0 Å². The van der Waals surface area contributed by atoms with Crippen molar-refractivity contribution < 1.29 is 43.3 Å². The van der Waals surface area contributed by atoms with Crippen LogP contribution in [-0.2, 0) is 36.9 Å². The van der Waals surface area contributed by atoms with E-state index in [0.29, 0.717) is 45.1 Å². The summed E-state index contributed by atoms with van der Waals surface area (Å²) in [4.78, 5) is 59.8. The maximum absolute atomic E-state index is 13.8. The molecule has 1 unspecified atom stereocenters. The van der Waals surface area contributed by atoms with Crippen LogP contribution in [0.1, 0.15) is 64.2 Å². The van der Waals surface area contributed by atoms with Crippen molar-refractivity contribution >= 4 is 31.5 Å². The normalized spacial score (nSPS) is 15.7. The van der Waals surface area contributed by atoms with Gasteiger partial charge in [-0.05, 0) is 73.4 Å². The summed E-state index contributed by atoms with van der Waals surface area (Å²) in [5.41, 5.74) is 2.42. The molecule has 13 heteroatoms. The Hall–Kier alpha value is -5.27. The van der Waals surface area contributed by atoms with Crippen molar-refractivity contribution in [3.63, 3.8) is 0 Å². The number of aliphatic hydroxyl groups excluding tert-OH is 1. The second-order valence-electron chi connectivity index (χ2n) is 15.5. The van der Waals surface area contributed by atoms with Crippen LogP contribution in [0.5, 0.6) is 11.5 Å². The summed E-state index contributed by atoms with van der Waals surface area (Å²) in [5.74, 6) is 1.39. The Kier molecular flexibility index (Phi) is 20.5. The molecule has 5 rings (SSSR count). The zero-order chi connectivity index (χ0) is 42.5. The molecule has 0 aliphatic carbocycles. The van der Waals surface area contributed by atoms with Crippen molar-refractivity contribution in [1.29, 1.82) is 0 Å². The molecule has 0 saturated carbocycles. The van der Waals surface area contributed by atoms with Gasteiger partial charge in [-0.15, -0.1) is 0 Å². The Morgan fingerprint density at radius 3 is 2.09 bits per heavy atom. The molecular formula is C44H62N4O9. The third-order valence-electron chi connectivity index (χ3n) is 9.20. The predicted molar refractivity (Wildman–Crippen MR) is 220 cm³/mol. The Morgan fingerprint density at radius 2 is 1.49 bits per heavy atom. The van der Waals surface area contributed by atoms with Crippen molar-refractivity contribution in [2.45, 2.75) is 91.6 Å². The molecule has 0 aromatic heterocycles. The molecule has 1 fully saturated rings. The Bertz CT molecular complexity index is 1650. The van der Waals surface area contributed by atoms with Crippen molar-refractivity contribution in [3.05, 3.63) is 95.6 Å². The molecule has 0 bridgehead atoms. The number of fused-ring (bicyclic) bond motifs is 1. The molecular weight excluding hydrogens is 729 g/mol. The van der Waals surface area contributed by atoms with Crippen LogP contribution in [-0.4, -0.2) is 104 Å². The van der Waals surface area contributed by atoms with Crippen LogP contribution >= 0.6 is 0 Å². The third-order valence-corrected chi connectivity index (χ3v) is 9.20. The standard InChI is InChI=1S/C34H50N4O5.C8H8O2.2CH2O/c1-24(2)21-37(6)22-29(39)27(20-25-14-9-7-10-15-25)35-32(41)30(34(3,4)5)36-31(40)28-18-13-19-38(28)33(42)43-23-26-16-11-8-12-17-26;1-6-2-3-7-8(4-6)10-5-9-7;2*1-2/h7-12,14-17,24,27-30,39H,13,18-23H2,1-6H3,(H,35,41)(H,36,40);2-4H,5H2,1H3;2*1H2/t27-,28?,29+,30+;;;/m0.../s1. The molecule has 3 aromatic carbocycles. The number of aliphatic hydroxyl groups is 1. The van der Waals surface area contributed by atoms with Gasteiger partial charge in [0.15, 0.2) is 11.5 Å². The first kappa shape index (κ1) is 47.9. The summed E-state index contributed by atoms with van der Waals surface area (Å²) in [6.45, 7) is 18.0. The van der Waals surface area contributed by atoms with Gasteiger partial charge in [0.2, 0.25) is 18.6 Å². The van der Waals surface area contributed by atoms with E-state index >= 15 is 0 Å². The lowest BCUT2D eigenvalue weighted by molar-refractivity contribution is -0.134. The molecule has 312 valence electrons. The fourth-order valence-electron chi connectivity index (χ4n) is 6.54. The minimum absolute atomic E-state index is 0.120. The lowest BCUT2D eigenvalue weighted by atomic mass is 9.85. The van der Waals surface area contributed by atoms with Crippen LogP contribution in [0.15, 0.2) is 78.9 Å². The largest absolute Gasteiger partial charge is 0.454 e. The highest BCUT2D eigenvalue weighted by Crippen LogP contribution is 2.32. The van der Waals surface area contributed by atoms with Gasteiger partial charge in [0.1, 0.15) is 32.3 Å². The van der Waals surface area contributed by atoms with Crippen molar-refractivity contribution in [2.75, 3.05) is 33.5 Å². The third kappa shape index (κ3) is 16.0. The molecule has 1 saturated heterocycles. The number of hydrogen-bond acceptors (Lipinski definition) is 10. The number of benzene rings is 3. The van der Waals surface area contributed by atoms with Gasteiger partial charge in [-0.1, -0.05) is 101 Å². The minimum Gasteiger partial charge on any atom is -0.454 e. The van der Waals surface area contributed by atoms with E-state index in [1.54, 1.807) is 0 Å². The number of aryl methyl sites for hydroxylation is 1. The maximum Gasteiger partial charge on any atom is 0.410 e. The second kappa shape index (κ2) is 24.4. The van der Waals surface area contributed by atoms with E-state index in [9.17, 15) is 19.5 Å². The molecule has 57 heavy (non-hydrogen) atoms. The van der Waals surface area contributed by atoms with E-state index in [-0.39, 0.29) is 18.4 Å². The lowest BCUT2D eigenvalue weighted by Gasteiger charge is -2.35. The number of carbonyl (C=O) groups excluding carboxylic acids is 5. The average Bonchev–Trinajstić information content (AvgIpc) is 3.88. The molecule has 0 spiro atoms. The van der Waals surface area contributed by atoms with Gasteiger partial charge in [0, 0.05) is 19.6 Å². The summed E-state index contributed by atoms with van der Waals surface area (Å²) < 4.78 is 15.8. The van der Waals surface area contributed by atoms with E-state index in [2.05, 4.69) is 29.4 Å². The summed E-state index contributed by atoms with van der Waals surface area (Å²) in [6, 6.07) is 22.9. The molecule has 2 aliphatic rings. The first-order valence-electron chi connectivity index (χ1n) is 19.1. The first-order valence-corrected chi connectivity index (χ1v) is 19.1. The highest BCUT2D eigenvalue weighted by atomic mass is 16.7. The zero-order valence-corrected chi connectivity index (χ0v) is 34.6. The Balaban J connectivity index is 0.000000674. The molecule has 0 radical (unpaired) electrons. The molecule has 13 nitrogen and oxygen atoms in total. The minimum atomic E-state index is -0.887. The summed E-state index contributed by atoms with van der Waals surface area (Å²) in [5, 5.41) is 17.3. The zero-order valence-electron chi connectivity index (χ0n) is 34.6. The van der Waals surface area contributed by atoms with E-state index in [1.807, 2.05) is 127 Å². The molecule has 2 heterocycles. The highest BCUT2D eigenvalue weighted by Gasteiger charge is 2.40. The monoisotopic (exact) mass is 790 g/mol. The van der Waals surface area contributed by atoms with Gasteiger partial charge in [-0.3, -0.25) is 14.5 Å². The number of nitrogens with zero attached hydrogens (tertiary/aromatic N) is 2. The van der Waals surface area contributed by atoms with E-state index in [4.69, 9.17) is 23.8 Å². The van der Waals surface area contributed by atoms with E-state index < -0.39 is 35.7 Å². The quantitative estimate of drug-likeness (QED) is 0.206. The van der Waals surface area contributed by atoms with Gasteiger partial charge in [0.25, 0.3) is 0 Å². The summed E-state index contributed by atoms with van der Waals surface area (Å²) >= 11 is 0. The Morgan fingerprint density at radius 1 is 0.895 bits per heavy atom. The maximum atomic E-state index is 13.8. The topological polar surface area (TPSA) is 164 Å². The van der Waals surface area contributed by atoms with Crippen molar-refractivity contribution in [3.8, 4) is 11.5 Å². The fourth-order valence-corrected chi connectivity index (χ4v) is 6.54. The predicted octanol–water partition coefficient (Wildman–Crippen LogP) is 5.35. The van der Waals surface area contributed by atoms with Crippen LogP contribution in [0, 0.1) is 18.3 Å². The SMILES string of the molecule is C=O.C=O.CC(C)CN(C)C[C@@H](O)[C@H](Cc1ccccc1)NC(=O)[C@@H](NC(=O)C1CCCN1C(=O)OCc1ccccc1)C(C)(C)C.Cc1ccc2c(c1)OCO2. The molecule has 2 aliphatic heterocycles. The summed E-state index contributed by atoms with van der Waals surface area (Å²) in [6.07, 6.45) is 0.226. The van der Waals surface area contributed by atoms with Crippen LogP contribution in [0.3, 0.4) is 0 Å². The van der Waals surface area contributed by atoms with Gasteiger partial charge in [0.05, 0.1) is 12.1 Å². The fraction of sp³-hybridized carbons (Fsp3) is 0.477.